The summed E-state index contributed by atoms with van der Waals surface area (Å²) in [5.74, 6) is 0.914. The van der Waals surface area contributed by atoms with Crippen molar-refractivity contribution in [2.75, 3.05) is 6.61 Å². The molecule has 2 heterocycles. The molecule has 0 saturated heterocycles. The number of halogens is 1. The van der Waals surface area contributed by atoms with Crippen LogP contribution in [0.15, 0.2) is 23.6 Å². The first-order chi connectivity index (χ1) is 9.15. The molecule has 0 aliphatic carbocycles. The zero-order valence-electron chi connectivity index (χ0n) is 10.6. The standard InChI is InChI=1S/C15H15ClO2S/c1-9-3-5-19-15(9)13(17)8-11-7-12(16)6-10-2-4-18-14(10)11/h3,5-7,13,17H,2,4,8H2,1H3. The van der Waals surface area contributed by atoms with Gasteiger partial charge in [0.15, 0.2) is 0 Å². The van der Waals surface area contributed by atoms with Crippen LogP contribution >= 0.6 is 22.9 Å². The molecule has 1 aromatic carbocycles. The van der Waals surface area contributed by atoms with Crippen LogP contribution in [-0.2, 0) is 12.8 Å². The molecule has 0 radical (unpaired) electrons. The number of hydrogen-bond acceptors (Lipinski definition) is 3. The molecule has 1 aromatic heterocycles. The fourth-order valence-corrected chi connectivity index (χ4v) is 3.70. The summed E-state index contributed by atoms with van der Waals surface area (Å²) in [6.07, 6.45) is 0.952. The number of rotatable bonds is 3. The molecule has 19 heavy (non-hydrogen) atoms. The quantitative estimate of drug-likeness (QED) is 0.930. The predicted octanol–water partition coefficient (Wildman–Crippen LogP) is 3.92. The lowest BCUT2D eigenvalue weighted by Gasteiger charge is -2.13. The van der Waals surface area contributed by atoms with Crippen LogP contribution in [-0.4, -0.2) is 11.7 Å². The molecule has 0 spiro atoms. The van der Waals surface area contributed by atoms with Crippen molar-refractivity contribution in [1.82, 2.24) is 0 Å². The molecular formula is C15H15ClO2S. The molecule has 1 N–H and O–H groups in total. The summed E-state index contributed by atoms with van der Waals surface area (Å²) < 4.78 is 5.67. The van der Waals surface area contributed by atoms with E-state index in [1.54, 1.807) is 11.3 Å². The van der Waals surface area contributed by atoms with E-state index >= 15 is 0 Å². The van der Waals surface area contributed by atoms with E-state index in [9.17, 15) is 5.11 Å². The van der Waals surface area contributed by atoms with E-state index in [0.29, 0.717) is 18.1 Å². The van der Waals surface area contributed by atoms with E-state index < -0.39 is 6.10 Å². The lowest BCUT2D eigenvalue weighted by Crippen LogP contribution is -2.03. The average molecular weight is 295 g/mol. The van der Waals surface area contributed by atoms with Gasteiger partial charge in [0, 0.05) is 22.7 Å². The summed E-state index contributed by atoms with van der Waals surface area (Å²) in [5, 5.41) is 13.1. The Morgan fingerprint density at radius 3 is 3.05 bits per heavy atom. The summed E-state index contributed by atoms with van der Waals surface area (Å²) in [7, 11) is 0. The third-order valence-corrected chi connectivity index (χ3v) is 4.78. The van der Waals surface area contributed by atoms with Crippen LogP contribution in [0.3, 0.4) is 0 Å². The van der Waals surface area contributed by atoms with Gasteiger partial charge in [-0.15, -0.1) is 11.3 Å². The second-order valence-corrected chi connectivity index (χ2v) is 6.22. The Morgan fingerprint density at radius 2 is 2.32 bits per heavy atom. The van der Waals surface area contributed by atoms with Crippen molar-refractivity contribution in [3.8, 4) is 5.75 Å². The summed E-state index contributed by atoms with van der Waals surface area (Å²) in [4.78, 5) is 1.02. The smallest absolute Gasteiger partial charge is 0.126 e. The van der Waals surface area contributed by atoms with Gasteiger partial charge in [-0.25, -0.2) is 0 Å². The monoisotopic (exact) mass is 294 g/mol. The molecule has 1 unspecified atom stereocenters. The van der Waals surface area contributed by atoms with Gasteiger partial charge in [-0.3, -0.25) is 0 Å². The molecule has 0 saturated carbocycles. The first-order valence-electron chi connectivity index (χ1n) is 6.31. The van der Waals surface area contributed by atoms with E-state index in [1.165, 1.54) is 0 Å². The number of aliphatic hydroxyl groups is 1. The molecule has 3 rings (SSSR count). The van der Waals surface area contributed by atoms with Crippen LogP contribution < -0.4 is 4.74 Å². The van der Waals surface area contributed by atoms with Crippen molar-refractivity contribution < 1.29 is 9.84 Å². The number of thiophene rings is 1. The topological polar surface area (TPSA) is 29.5 Å². The Balaban J connectivity index is 1.90. The predicted molar refractivity (Wildman–Crippen MR) is 78.4 cm³/mol. The molecule has 1 aliphatic rings. The second kappa shape index (κ2) is 5.16. The van der Waals surface area contributed by atoms with E-state index in [0.717, 1.165) is 33.7 Å². The molecular weight excluding hydrogens is 280 g/mol. The van der Waals surface area contributed by atoms with Crippen molar-refractivity contribution in [3.05, 3.63) is 50.2 Å². The van der Waals surface area contributed by atoms with Gasteiger partial charge in [-0.2, -0.15) is 0 Å². The maximum atomic E-state index is 10.4. The minimum Gasteiger partial charge on any atom is -0.493 e. The number of aliphatic hydroxyl groups excluding tert-OH is 1. The number of aryl methyl sites for hydroxylation is 1. The SMILES string of the molecule is Cc1ccsc1C(O)Cc1cc(Cl)cc2c1OCC2. The molecule has 0 amide bonds. The number of fused-ring (bicyclic) bond motifs is 1. The summed E-state index contributed by atoms with van der Waals surface area (Å²) in [5.41, 5.74) is 3.29. The molecule has 100 valence electrons. The summed E-state index contributed by atoms with van der Waals surface area (Å²) in [6, 6.07) is 5.89. The number of hydrogen-bond donors (Lipinski definition) is 1. The molecule has 1 aliphatic heterocycles. The van der Waals surface area contributed by atoms with E-state index in [-0.39, 0.29) is 0 Å². The van der Waals surface area contributed by atoms with Gasteiger partial charge in [0.1, 0.15) is 5.75 Å². The largest absolute Gasteiger partial charge is 0.493 e. The maximum absolute atomic E-state index is 10.4. The zero-order valence-corrected chi connectivity index (χ0v) is 12.2. The van der Waals surface area contributed by atoms with Gasteiger partial charge < -0.3 is 9.84 Å². The van der Waals surface area contributed by atoms with Crippen LogP contribution in [0, 0.1) is 6.92 Å². The molecule has 1 atom stereocenters. The third-order valence-electron chi connectivity index (χ3n) is 3.44. The van der Waals surface area contributed by atoms with Crippen molar-refractivity contribution in [1.29, 1.82) is 0 Å². The van der Waals surface area contributed by atoms with Crippen LogP contribution in [0.4, 0.5) is 0 Å². The van der Waals surface area contributed by atoms with Gasteiger partial charge in [-0.1, -0.05) is 11.6 Å². The highest BCUT2D eigenvalue weighted by Gasteiger charge is 2.21. The van der Waals surface area contributed by atoms with Crippen molar-refractivity contribution >= 4 is 22.9 Å². The summed E-state index contributed by atoms with van der Waals surface area (Å²) >= 11 is 7.72. The number of ether oxygens (including phenoxy) is 1. The fraction of sp³-hybridized carbons (Fsp3) is 0.333. The Hall–Kier alpha value is -1.03. The highest BCUT2D eigenvalue weighted by atomic mass is 35.5. The first kappa shape index (κ1) is 13.0. The van der Waals surface area contributed by atoms with Crippen molar-refractivity contribution in [2.24, 2.45) is 0 Å². The minimum atomic E-state index is -0.494. The molecule has 0 bridgehead atoms. The van der Waals surface area contributed by atoms with Crippen LogP contribution in [0.1, 0.15) is 27.7 Å². The van der Waals surface area contributed by atoms with Gasteiger partial charge in [0.2, 0.25) is 0 Å². The van der Waals surface area contributed by atoms with Gasteiger partial charge >= 0.3 is 0 Å². The first-order valence-corrected chi connectivity index (χ1v) is 7.57. The maximum Gasteiger partial charge on any atom is 0.126 e. The van der Waals surface area contributed by atoms with E-state index in [2.05, 4.69) is 0 Å². The molecule has 2 nitrogen and oxygen atoms in total. The number of benzene rings is 1. The second-order valence-electron chi connectivity index (χ2n) is 4.84. The lowest BCUT2D eigenvalue weighted by atomic mass is 10.0. The highest BCUT2D eigenvalue weighted by molar-refractivity contribution is 7.10. The van der Waals surface area contributed by atoms with Crippen molar-refractivity contribution in [2.45, 2.75) is 25.9 Å². The Bertz CT molecular complexity index is 606. The Morgan fingerprint density at radius 1 is 1.47 bits per heavy atom. The van der Waals surface area contributed by atoms with Crippen LogP contribution in [0.5, 0.6) is 5.75 Å². The van der Waals surface area contributed by atoms with E-state index in [4.69, 9.17) is 16.3 Å². The third kappa shape index (κ3) is 2.50. The van der Waals surface area contributed by atoms with Gasteiger partial charge in [0.05, 0.1) is 12.7 Å². The van der Waals surface area contributed by atoms with Crippen LogP contribution in [0.25, 0.3) is 0 Å². The molecule has 0 fully saturated rings. The average Bonchev–Trinajstić information content (AvgIpc) is 2.97. The summed E-state index contributed by atoms with van der Waals surface area (Å²) in [6.45, 7) is 2.73. The Labute approximate surface area is 121 Å². The van der Waals surface area contributed by atoms with Gasteiger partial charge in [-0.05, 0) is 47.2 Å². The molecule has 2 aromatic rings. The van der Waals surface area contributed by atoms with Gasteiger partial charge in [0.25, 0.3) is 0 Å². The molecule has 4 heteroatoms. The highest BCUT2D eigenvalue weighted by Crippen LogP contribution is 2.36. The fourth-order valence-electron chi connectivity index (χ4n) is 2.52. The zero-order chi connectivity index (χ0) is 13.4. The lowest BCUT2D eigenvalue weighted by molar-refractivity contribution is 0.180. The van der Waals surface area contributed by atoms with Crippen LogP contribution in [0.2, 0.25) is 5.02 Å². The van der Waals surface area contributed by atoms with Crippen molar-refractivity contribution in [3.63, 3.8) is 0 Å². The minimum absolute atomic E-state index is 0.494. The van der Waals surface area contributed by atoms with E-state index in [1.807, 2.05) is 30.5 Å². The normalized spacial score (nSPS) is 15.1. The Kier molecular flexibility index (Phi) is 3.52.